The molecule has 9 atom stereocenters. The average Bonchev–Trinajstić information content (AvgIpc) is 0.913. The van der Waals surface area contributed by atoms with E-state index < -0.39 is 60.1 Å². The maximum Gasteiger partial charge on any atom is 0.410 e. The number of hydrogen-bond donors (Lipinski definition) is 10. The molecule has 3 amide bonds. The number of primary amides is 1. The number of ether oxygens (including phenoxy) is 3. The van der Waals surface area contributed by atoms with Crippen LogP contribution in [0.2, 0.25) is 0 Å². The van der Waals surface area contributed by atoms with E-state index in [1.165, 1.54) is 16.2 Å². The molecule has 24 nitrogen and oxygen atoms in total. The number of aliphatic hydroxyl groups is 3. The third-order valence-corrected chi connectivity index (χ3v) is 21.0. The molecule has 2 aliphatic heterocycles. The van der Waals surface area contributed by atoms with Crippen molar-refractivity contribution in [1.82, 2.24) is 30.0 Å². The molecule has 5 heterocycles. The van der Waals surface area contributed by atoms with E-state index in [9.17, 15) is 49.5 Å². The number of fused-ring (bicyclic) bond motifs is 2. The molecule has 1 saturated heterocycles. The molecule has 94 heavy (non-hydrogen) atoms. The van der Waals surface area contributed by atoms with Crippen LogP contribution in [0.4, 0.5) is 21.4 Å². The molecule has 6 aliphatic rings. The lowest BCUT2D eigenvalue weighted by Gasteiger charge is -2.69. The molecule has 3 aromatic carbocycles. The molecule has 6 aromatic rings. The lowest BCUT2D eigenvalue weighted by Crippen LogP contribution is -2.64. The third kappa shape index (κ3) is 14.9. The molecule has 12 N–H and O–H groups in total. The van der Waals surface area contributed by atoms with Crippen LogP contribution in [0.5, 0.6) is 0 Å². The second-order valence-corrected chi connectivity index (χ2v) is 29.3. The van der Waals surface area contributed by atoms with Gasteiger partial charge in [0, 0.05) is 92.4 Å². The summed E-state index contributed by atoms with van der Waals surface area (Å²) < 4.78 is 21.7. The number of thiazole rings is 1. The molecule has 0 spiro atoms. The predicted octanol–water partition coefficient (Wildman–Crippen LogP) is 7.27. The highest BCUT2D eigenvalue weighted by Gasteiger charge is 2.66. The highest BCUT2D eigenvalue weighted by Crippen LogP contribution is 2.72. The molecule has 4 bridgehead atoms. The number of aliphatic carboxylic acids is 1. The first kappa shape index (κ1) is 67.8. The molecule has 4 aliphatic carbocycles. The summed E-state index contributed by atoms with van der Waals surface area (Å²) in [7, 11) is 0. The fraction of sp³-hybridized carbons (Fsp3) is 0.536. The van der Waals surface area contributed by atoms with Gasteiger partial charge in [-0.1, -0.05) is 69.4 Å². The van der Waals surface area contributed by atoms with Crippen molar-refractivity contribution < 1.29 is 63.7 Å². The monoisotopic (exact) mass is 1310 g/mol. The second kappa shape index (κ2) is 27.6. The number of aliphatic hydroxyl groups excluding tert-OH is 3. The van der Waals surface area contributed by atoms with E-state index in [1.54, 1.807) is 12.3 Å². The van der Waals surface area contributed by atoms with Gasteiger partial charge in [-0.15, -0.1) is 0 Å². The fourth-order valence-corrected chi connectivity index (χ4v) is 17.1. The molecule has 4 saturated carbocycles. The first-order valence-electron chi connectivity index (χ1n) is 32.6. The number of aromatic nitrogens is 4. The first-order chi connectivity index (χ1) is 44.7. The highest BCUT2D eigenvalue weighted by molar-refractivity contribution is 7.22. The van der Waals surface area contributed by atoms with E-state index >= 15 is 0 Å². The molecule has 12 rings (SSSR count). The summed E-state index contributed by atoms with van der Waals surface area (Å²) in [5.41, 5.74) is 18.1. The van der Waals surface area contributed by atoms with Crippen molar-refractivity contribution >= 4 is 68.0 Å². The van der Waals surface area contributed by atoms with Gasteiger partial charge in [-0.2, -0.15) is 5.10 Å². The van der Waals surface area contributed by atoms with Crippen LogP contribution >= 0.6 is 11.3 Å². The van der Waals surface area contributed by atoms with Crippen LogP contribution in [-0.2, 0) is 56.3 Å². The molecular formula is C69H89N11O13S. The highest BCUT2D eigenvalue weighted by atomic mass is 32.1. The van der Waals surface area contributed by atoms with Crippen LogP contribution in [0.15, 0.2) is 79.0 Å². The zero-order valence-electron chi connectivity index (χ0n) is 54.3. The Morgan fingerprint density at radius 2 is 1.63 bits per heavy atom. The van der Waals surface area contributed by atoms with Gasteiger partial charge in [-0.25, -0.2) is 24.4 Å². The number of nitrogens with two attached hydrogens (primary N) is 2. The number of rotatable bonds is 27. The number of pyridine rings is 1. The van der Waals surface area contributed by atoms with Gasteiger partial charge in [-0.05, 0) is 159 Å². The van der Waals surface area contributed by atoms with Crippen LogP contribution in [0.1, 0.15) is 135 Å². The number of carboxylic acids is 2. The summed E-state index contributed by atoms with van der Waals surface area (Å²) in [6, 6.07) is 22.6. The Balaban J connectivity index is 0.758. The number of para-hydroxylation sites is 1. The van der Waals surface area contributed by atoms with Crippen LogP contribution < -0.4 is 32.3 Å². The van der Waals surface area contributed by atoms with E-state index in [0.29, 0.717) is 83.8 Å². The number of amides is 3. The number of carboxylic acid groups (broad SMARTS) is 2. The third-order valence-electron chi connectivity index (χ3n) is 20.0. The first-order valence-corrected chi connectivity index (χ1v) is 33.4. The maximum absolute atomic E-state index is 14.2. The standard InChI is InChI=1S/C69H89N11O13S/c1-39(2)50(70)29-72-40(3)27-73-45-16-14-44(43(26-45)15-18-52-57(82)58(83)59(84)60(93-52)63(88)89)31-91-65(90)78(23-21-54(71)81)24-25-92-69-35-66(5)32-67(6,36-69)34-68(33-66,37-69)38-80-41(4)48(28-74-80)46-17-19-55(76-56(46)62(86)87)79-22-20-42-10-9-11-47(49(42)30-79)61(85)77-64-75-51-12-7-8-13-53(51)94-64/h7-14,16-17,19,26,28,39-40,50,52,57-60,72-73,82-84H,15,18,20-25,27,29-38,70H2,1-6H3,(H2,71,81)(H,86,87)(H,88,89)(H,75,77,85)/t40-,50+,52?,57-,58+,59-,60-,66?,67?,68?,69?/m0/s1. The fourth-order valence-electron chi connectivity index (χ4n) is 16.3. The van der Waals surface area contributed by atoms with Crippen molar-refractivity contribution in [1.29, 1.82) is 0 Å². The molecule has 3 aromatic heterocycles. The van der Waals surface area contributed by atoms with Gasteiger partial charge in [0.15, 0.2) is 16.9 Å². The largest absolute Gasteiger partial charge is 0.479 e. The summed E-state index contributed by atoms with van der Waals surface area (Å²) in [6.07, 6.45) is -0.964. The van der Waals surface area contributed by atoms with Crippen molar-refractivity contribution in [3.05, 3.63) is 118 Å². The average molecular weight is 1310 g/mol. The number of carbonyl (C=O) groups is 5. The van der Waals surface area contributed by atoms with E-state index in [2.05, 4.69) is 48.6 Å². The summed E-state index contributed by atoms with van der Waals surface area (Å²) in [5, 5.41) is 67.7. The molecule has 3 unspecified atom stereocenters. The number of hydrogen-bond acceptors (Lipinski definition) is 19. The van der Waals surface area contributed by atoms with Gasteiger partial charge in [0.2, 0.25) is 5.91 Å². The minimum atomic E-state index is -1.83. The minimum Gasteiger partial charge on any atom is -0.479 e. The topological polar surface area (TPSA) is 352 Å². The molecule has 5 fully saturated rings. The van der Waals surface area contributed by atoms with E-state index in [1.807, 2.05) is 90.2 Å². The summed E-state index contributed by atoms with van der Waals surface area (Å²) in [5.74, 6) is -2.72. The maximum atomic E-state index is 14.2. The zero-order chi connectivity index (χ0) is 67.0. The molecule has 504 valence electrons. The van der Waals surface area contributed by atoms with Crippen molar-refractivity contribution in [3.63, 3.8) is 0 Å². The quantitative estimate of drug-likeness (QED) is 0.0242. The van der Waals surface area contributed by atoms with Gasteiger partial charge >= 0.3 is 18.0 Å². The number of nitrogens with zero attached hydrogens (tertiary/aromatic N) is 6. The van der Waals surface area contributed by atoms with E-state index in [4.69, 9.17) is 35.8 Å². The number of anilines is 3. The van der Waals surface area contributed by atoms with Crippen LogP contribution in [0.25, 0.3) is 21.3 Å². The Morgan fingerprint density at radius 3 is 2.35 bits per heavy atom. The number of aromatic carboxylic acids is 1. The van der Waals surface area contributed by atoms with Gasteiger partial charge in [0.05, 0.1) is 34.7 Å². The molecular weight excluding hydrogens is 1220 g/mol. The van der Waals surface area contributed by atoms with Crippen LogP contribution in [-0.4, -0.2) is 168 Å². The lowest BCUT2D eigenvalue weighted by molar-refractivity contribution is -0.248. The molecule has 0 radical (unpaired) electrons. The predicted molar refractivity (Wildman–Crippen MR) is 354 cm³/mol. The number of nitrogens with one attached hydrogen (secondary N) is 3. The van der Waals surface area contributed by atoms with Gasteiger partial charge in [0.25, 0.3) is 5.91 Å². The van der Waals surface area contributed by atoms with Crippen molar-refractivity contribution in [2.24, 2.45) is 33.6 Å². The Bertz CT molecular complexity index is 3750. The Labute approximate surface area is 550 Å². The van der Waals surface area contributed by atoms with Crippen LogP contribution in [0, 0.1) is 29.1 Å². The Kier molecular flexibility index (Phi) is 19.9. The normalized spacial score (nSPS) is 26.0. The number of aryl methyl sites for hydroxylation is 1. The number of benzene rings is 3. The van der Waals surface area contributed by atoms with E-state index in [-0.39, 0.29) is 85.5 Å². The van der Waals surface area contributed by atoms with E-state index in [0.717, 1.165) is 71.2 Å². The second-order valence-electron chi connectivity index (χ2n) is 28.2. The van der Waals surface area contributed by atoms with Crippen molar-refractivity contribution in [2.75, 3.05) is 54.9 Å². The summed E-state index contributed by atoms with van der Waals surface area (Å²) in [4.78, 5) is 78.3. The lowest BCUT2D eigenvalue weighted by atomic mass is 9.39. The zero-order valence-corrected chi connectivity index (χ0v) is 55.1. The Morgan fingerprint density at radius 1 is 0.862 bits per heavy atom. The van der Waals surface area contributed by atoms with Crippen molar-refractivity contribution in [2.45, 2.75) is 174 Å². The van der Waals surface area contributed by atoms with Gasteiger partial charge < -0.3 is 71.6 Å². The molecule has 25 heteroatoms. The summed E-state index contributed by atoms with van der Waals surface area (Å²) in [6.45, 7) is 15.5. The minimum absolute atomic E-state index is 0.0171. The smallest absolute Gasteiger partial charge is 0.410 e. The Hall–Kier alpha value is -7.62. The van der Waals surface area contributed by atoms with Crippen LogP contribution in [0.3, 0.4) is 0 Å². The van der Waals surface area contributed by atoms with Crippen molar-refractivity contribution in [3.8, 4) is 11.1 Å². The number of carbonyl (C=O) groups excluding carboxylic acids is 3. The van der Waals surface area contributed by atoms with Gasteiger partial charge in [0.1, 0.15) is 30.7 Å². The SMILES string of the molecule is Cc1c(-c2ccc(N3CCc4cccc(C(=O)Nc5nc6ccccc6s5)c4C3)nc2C(=O)O)cnn1CC12CC3(C)CC(C)(C1)CC(OCCN(CCC(N)=O)C(=O)OCc1ccc(NC[C@H](C)NC[C@@H](N)C(C)C)cc1CCC1O[C@H](C(=O)O)[C@@H](O)[C@H](O)[C@H]1O)(C3)C2. The summed E-state index contributed by atoms with van der Waals surface area (Å²) >= 11 is 1.41. The van der Waals surface area contributed by atoms with Gasteiger partial charge in [-0.3, -0.25) is 19.6 Å².